The van der Waals surface area contributed by atoms with Crippen LogP contribution in [0.3, 0.4) is 0 Å². The summed E-state index contributed by atoms with van der Waals surface area (Å²) in [4.78, 5) is 0. The normalized spacial score (nSPS) is 24.0. The number of nitrogen functional groups attached to an aromatic ring is 1. The van der Waals surface area contributed by atoms with Crippen molar-refractivity contribution in [2.45, 2.75) is 26.7 Å². The van der Waals surface area contributed by atoms with Crippen LogP contribution in [0, 0.1) is 11.3 Å². The van der Waals surface area contributed by atoms with Crippen LogP contribution in [0.25, 0.3) is 6.08 Å². The SMILES string of the molecule is CCC1C(N)=CC(OS(=O)(=O)O)=CC1(C=Cc1cccc(N)c1)CC. The minimum absolute atomic E-state index is 0.0106. The Bertz CT molecular complexity index is 827. The lowest BCUT2D eigenvalue weighted by Crippen LogP contribution is -2.33. The second kappa shape index (κ2) is 7.33. The van der Waals surface area contributed by atoms with Crippen molar-refractivity contribution in [1.29, 1.82) is 0 Å². The molecule has 136 valence electrons. The molecule has 0 heterocycles. The lowest BCUT2D eigenvalue weighted by molar-refractivity contribution is 0.284. The van der Waals surface area contributed by atoms with Gasteiger partial charge >= 0.3 is 10.4 Å². The highest BCUT2D eigenvalue weighted by molar-refractivity contribution is 7.81. The molecule has 0 amide bonds. The summed E-state index contributed by atoms with van der Waals surface area (Å²) in [6, 6.07) is 7.45. The Labute approximate surface area is 148 Å². The van der Waals surface area contributed by atoms with Gasteiger partial charge in [0.25, 0.3) is 0 Å². The Morgan fingerprint density at radius 3 is 2.60 bits per heavy atom. The highest BCUT2D eigenvalue weighted by atomic mass is 32.3. The first-order chi connectivity index (χ1) is 11.7. The maximum absolute atomic E-state index is 11.1. The molecule has 1 aromatic carbocycles. The molecule has 2 rings (SSSR count). The van der Waals surface area contributed by atoms with Crippen LogP contribution in [-0.2, 0) is 14.6 Å². The van der Waals surface area contributed by atoms with Gasteiger partial charge in [0, 0.05) is 28.8 Å². The molecule has 1 aliphatic rings. The van der Waals surface area contributed by atoms with Crippen molar-refractivity contribution < 1.29 is 17.2 Å². The van der Waals surface area contributed by atoms with Crippen LogP contribution in [0.1, 0.15) is 32.3 Å². The van der Waals surface area contributed by atoms with E-state index in [1.54, 1.807) is 12.1 Å². The third-order valence-corrected chi connectivity index (χ3v) is 4.89. The van der Waals surface area contributed by atoms with E-state index in [0.29, 0.717) is 17.8 Å². The van der Waals surface area contributed by atoms with E-state index in [9.17, 15) is 8.42 Å². The van der Waals surface area contributed by atoms with Gasteiger partial charge in [0.1, 0.15) is 5.76 Å². The Kier molecular flexibility index (Phi) is 5.59. The minimum Gasteiger partial charge on any atom is -0.402 e. The third-order valence-electron chi connectivity index (χ3n) is 4.49. The van der Waals surface area contributed by atoms with Gasteiger partial charge in [0.05, 0.1) is 0 Å². The topological polar surface area (TPSA) is 116 Å². The summed E-state index contributed by atoms with van der Waals surface area (Å²) >= 11 is 0. The smallest absolute Gasteiger partial charge is 0.402 e. The summed E-state index contributed by atoms with van der Waals surface area (Å²) in [5.74, 6) is 0.00679. The van der Waals surface area contributed by atoms with Gasteiger partial charge in [-0.3, -0.25) is 4.55 Å². The number of anilines is 1. The quantitative estimate of drug-likeness (QED) is 0.527. The third kappa shape index (κ3) is 4.64. The zero-order valence-electron chi connectivity index (χ0n) is 14.3. The van der Waals surface area contributed by atoms with Crippen molar-refractivity contribution in [3.8, 4) is 0 Å². The molecule has 0 spiro atoms. The van der Waals surface area contributed by atoms with E-state index in [4.69, 9.17) is 16.0 Å². The first-order valence-electron chi connectivity index (χ1n) is 8.10. The average molecular weight is 364 g/mol. The molecule has 25 heavy (non-hydrogen) atoms. The largest absolute Gasteiger partial charge is 0.446 e. The predicted octanol–water partition coefficient (Wildman–Crippen LogP) is 3.26. The molecule has 2 atom stereocenters. The van der Waals surface area contributed by atoms with Crippen molar-refractivity contribution in [3.63, 3.8) is 0 Å². The lowest BCUT2D eigenvalue weighted by Gasteiger charge is -2.38. The summed E-state index contributed by atoms with van der Waals surface area (Å²) in [6.07, 6.45) is 8.52. The predicted molar refractivity (Wildman–Crippen MR) is 99.4 cm³/mol. The van der Waals surface area contributed by atoms with Crippen molar-refractivity contribution >= 4 is 22.2 Å². The summed E-state index contributed by atoms with van der Waals surface area (Å²) < 4.78 is 35.7. The summed E-state index contributed by atoms with van der Waals surface area (Å²) in [5, 5.41) is 0. The molecular weight excluding hydrogens is 340 g/mol. The molecule has 2 unspecified atom stereocenters. The van der Waals surface area contributed by atoms with Gasteiger partial charge in [-0.15, -0.1) is 0 Å². The van der Waals surface area contributed by atoms with Crippen LogP contribution in [0.15, 0.2) is 53.9 Å². The zero-order chi connectivity index (χ0) is 18.7. The molecule has 0 aliphatic heterocycles. The highest BCUT2D eigenvalue weighted by Gasteiger charge is 2.37. The number of rotatable bonds is 6. The molecule has 1 aromatic rings. The Hall–Kier alpha value is -2.25. The van der Waals surface area contributed by atoms with Crippen LogP contribution in [0.4, 0.5) is 5.69 Å². The zero-order valence-corrected chi connectivity index (χ0v) is 15.2. The average Bonchev–Trinajstić information content (AvgIpc) is 2.51. The van der Waals surface area contributed by atoms with Crippen molar-refractivity contribution in [1.82, 2.24) is 0 Å². The van der Waals surface area contributed by atoms with Crippen LogP contribution in [0.2, 0.25) is 0 Å². The number of hydrogen-bond acceptors (Lipinski definition) is 5. The molecule has 0 radical (unpaired) electrons. The van der Waals surface area contributed by atoms with Gasteiger partial charge in [0.2, 0.25) is 0 Å². The standard InChI is InChI=1S/C18H24N2O4S/c1-3-16-17(20)11-15(24-25(21,22)23)12-18(16,4-2)9-8-13-6-5-7-14(19)10-13/h5-12,16H,3-4,19-20H2,1-2H3,(H,21,22,23). The summed E-state index contributed by atoms with van der Waals surface area (Å²) in [7, 11) is -4.61. The van der Waals surface area contributed by atoms with E-state index in [-0.39, 0.29) is 11.7 Å². The summed E-state index contributed by atoms with van der Waals surface area (Å²) in [6.45, 7) is 4.01. The van der Waals surface area contributed by atoms with E-state index in [1.165, 1.54) is 6.08 Å². The monoisotopic (exact) mass is 364 g/mol. The fourth-order valence-corrected chi connectivity index (χ4v) is 3.65. The molecule has 6 nitrogen and oxygen atoms in total. The van der Waals surface area contributed by atoms with Crippen LogP contribution < -0.4 is 11.5 Å². The Morgan fingerprint density at radius 2 is 2.04 bits per heavy atom. The first-order valence-corrected chi connectivity index (χ1v) is 9.47. The van der Waals surface area contributed by atoms with Gasteiger partial charge in [-0.25, -0.2) is 0 Å². The van der Waals surface area contributed by atoms with E-state index >= 15 is 0 Å². The lowest BCUT2D eigenvalue weighted by atomic mass is 9.67. The van der Waals surface area contributed by atoms with E-state index in [0.717, 1.165) is 12.0 Å². The number of hydrogen-bond donors (Lipinski definition) is 3. The van der Waals surface area contributed by atoms with Crippen LogP contribution in [0.5, 0.6) is 0 Å². The molecule has 0 bridgehead atoms. The van der Waals surface area contributed by atoms with Crippen LogP contribution in [-0.4, -0.2) is 13.0 Å². The molecule has 0 aromatic heterocycles. The van der Waals surface area contributed by atoms with Crippen molar-refractivity contribution in [2.75, 3.05) is 5.73 Å². The highest BCUT2D eigenvalue weighted by Crippen LogP contribution is 2.44. The fourth-order valence-electron chi connectivity index (χ4n) is 3.31. The molecule has 7 heteroatoms. The van der Waals surface area contributed by atoms with E-state index < -0.39 is 15.8 Å². The number of allylic oxidation sites excluding steroid dienone is 4. The summed E-state index contributed by atoms with van der Waals surface area (Å²) in [5.41, 5.74) is 13.5. The second-order valence-electron chi connectivity index (χ2n) is 6.13. The maximum Gasteiger partial charge on any atom is 0.446 e. The fraction of sp³-hybridized carbons (Fsp3) is 0.333. The minimum atomic E-state index is -4.61. The molecule has 0 fully saturated rings. The molecule has 5 N–H and O–H groups in total. The van der Waals surface area contributed by atoms with Gasteiger partial charge in [-0.1, -0.05) is 38.1 Å². The van der Waals surface area contributed by atoms with E-state index in [2.05, 4.69) is 4.18 Å². The Morgan fingerprint density at radius 1 is 1.32 bits per heavy atom. The van der Waals surface area contributed by atoms with Crippen molar-refractivity contribution in [2.24, 2.45) is 17.1 Å². The molecular formula is C18H24N2O4S. The number of nitrogens with two attached hydrogens (primary N) is 2. The van der Waals surface area contributed by atoms with Gasteiger partial charge < -0.3 is 15.7 Å². The van der Waals surface area contributed by atoms with E-state index in [1.807, 2.05) is 44.2 Å². The Balaban J connectivity index is 2.47. The second-order valence-corrected chi connectivity index (χ2v) is 7.15. The number of benzene rings is 1. The van der Waals surface area contributed by atoms with Gasteiger partial charge in [0.15, 0.2) is 0 Å². The van der Waals surface area contributed by atoms with Crippen molar-refractivity contribution in [3.05, 3.63) is 59.5 Å². The van der Waals surface area contributed by atoms with Gasteiger partial charge in [-0.05, 0) is 36.6 Å². The molecule has 1 aliphatic carbocycles. The maximum atomic E-state index is 11.1. The first kappa shape index (κ1) is 19.1. The molecule has 0 saturated heterocycles. The van der Waals surface area contributed by atoms with Gasteiger partial charge in [-0.2, -0.15) is 8.42 Å². The molecule has 0 saturated carbocycles. The van der Waals surface area contributed by atoms with Crippen LogP contribution >= 0.6 is 0 Å².